The molecule has 0 spiro atoms. The summed E-state index contributed by atoms with van der Waals surface area (Å²) in [5, 5.41) is 28.1. The number of aliphatic hydroxyl groups is 1. The van der Waals surface area contributed by atoms with Crippen molar-refractivity contribution >= 4 is 69.5 Å². The van der Waals surface area contributed by atoms with Gasteiger partial charge in [0.2, 0.25) is 5.78 Å². The van der Waals surface area contributed by atoms with Gasteiger partial charge in [-0.15, -0.1) is 0 Å². The SMILES string of the molecule is CCCCB1N=c2/c(=C3/C(=O)C(c4ccc5cccc6c5c4NB(CCCC)N6)=C3O)ccc3cccc(c23)N1. The molecule has 4 N–H and O–H groups in total. The van der Waals surface area contributed by atoms with E-state index in [-0.39, 0.29) is 25.5 Å². The molecule has 8 heteroatoms. The molecule has 7 rings (SSSR count). The maximum absolute atomic E-state index is 13.9. The minimum atomic E-state index is -0.136. The molecule has 0 aromatic heterocycles. The number of carbonyl (C=O) groups is 1. The summed E-state index contributed by atoms with van der Waals surface area (Å²) in [6, 6.07) is 20.4. The van der Waals surface area contributed by atoms with Crippen LogP contribution in [0.15, 0.2) is 71.3 Å². The van der Waals surface area contributed by atoms with Gasteiger partial charge in [-0.1, -0.05) is 88.1 Å². The highest BCUT2D eigenvalue weighted by molar-refractivity contribution is 6.68. The van der Waals surface area contributed by atoms with E-state index in [1.54, 1.807) is 0 Å². The Morgan fingerprint density at radius 1 is 0.775 bits per heavy atom. The Morgan fingerprint density at radius 2 is 1.48 bits per heavy atom. The van der Waals surface area contributed by atoms with E-state index in [4.69, 9.17) is 4.90 Å². The Hall–Kier alpha value is -4.19. The smallest absolute Gasteiger partial charge is 0.392 e. The fraction of sp³-hybridized carbons (Fsp3) is 0.250. The lowest BCUT2D eigenvalue weighted by molar-refractivity contribution is -0.109. The van der Waals surface area contributed by atoms with E-state index in [1.807, 2.05) is 30.3 Å². The van der Waals surface area contributed by atoms with E-state index in [0.29, 0.717) is 16.4 Å². The van der Waals surface area contributed by atoms with Gasteiger partial charge >= 0.3 is 14.0 Å². The predicted molar refractivity (Wildman–Crippen MR) is 168 cm³/mol. The minimum absolute atomic E-state index is 0.0513. The first-order valence-corrected chi connectivity index (χ1v) is 14.6. The number of nitrogens with zero attached hydrogens (tertiary/aromatic N) is 1. The van der Waals surface area contributed by atoms with E-state index < -0.39 is 0 Å². The highest BCUT2D eigenvalue weighted by Gasteiger charge is 2.38. The molecule has 0 saturated carbocycles. The number of hydrogen-bond donors (Lipinski definition) is 4. The third kappa shape index (κ3) is 3.80. The lowest BCUT2D eigenvalue weighted by Crippen LogP contribution is -2.41. The van der Waals surface area contributed by atoms with Crippen molar-refractivity contribution in [3.05, 3.63) is 82.6 Å². The van der Waals surface area contributed by atoms with Crippen LogP contribution in [0.3, 0.4) is 0 Å². The molecule has 198 valence electrons. The first-order chi connectivity index (χ1) is 19.6. The Bertz CT molecular complexity index is 1870. The van der Waals surface area contributed by atoms with Gasteiger partial charge in [0.05, 0.1) is 16.5 Å². The van der Waals surface area contributed by atoms with Crippen LogP contribution in [0.1, 0.15) is 45.1 Å². The van der Waals surface area contributed by atoms with Gasteiger partial charge in [-0.3, -0.25) is 4.79 Å². The van der Waals surface area contributed by atoms with Gasteiger partial charge in [-0.2, -0.15) is 0 Å². The van der Waals surface area contributed by atoms with Crippen molar-refractivity contribution in [3.8, 4) is 0 Å². The minimum Gasteiger partial charge on any atom is -0.506 e. The zero-order valence-electron chi connectivity index (χ0n) is 23.0. The maximum Gasteiger partial charge on any atom is 0.392 e. The molecule has 6 nitrogen and oxygen atoms in total. The van der Waals surface area contributed by atoms with Crippen LogP contribution in [0.5, 0.6) is 0 Å². The maximum atomic E-state index is 13.9. The molecule has 0 fully saturated rings. The van der Waals surface area contributed by atoms with E-state index in [1.165, 1.54) is 0 Å². The summed E-state index contributed by atoms with van der Waals surface area (Å²) in [5.41, 5.74) is 4.49. The molecular formula is C32H32B2N4O2. The lowest BCUT2D eigenvalue weighted by Gasteiger charge is -2.31. The van der Waals surface area contributed by atoms with E-state index in [2.05, 4.69) is 59.9 Å². The summed E-state index contributed by atoms with van der Waals surface area (Å²) < 4.78 is 0. The van der Waals surface area contributed by atoms with E-state index in [0.717, 1.165) is 87.9 Å². The van der Waals surface area contributed by atoms with Crippen LogP contribution in [-0.2, 0) is 4.79 Å². The number of carbonyl (C=O) groups excluding carboxylic acids is 1. The lowest BCUT2D eigenvalue weighted by atomic mass is 9.67. The number of unbranched alkanes of at least 4 members (excludes halogenated alkanes) is 2. The fourth-order valence-electron chi connectivity index (χ4n) is 6.43. The molecule has 0 radical (unpaired) electrons. The van der Waals surface area contributed by atoms with E-state index >= 15 is 0 Å². The Labute approximate surface area is 234 Å². The van der Waals surface area contributed by atoms with Crippen molar-refractivity contribution in [1.82, 2.24) is 0 Å². The number of Topliss-reactive ketones (excluding diaryl/α,β-unsaturated/α-hetero) is 1. The van der Waals surface area contributed by atoms with Crippen LogP contribution in [0, 0.1) is 0 Å². The zero-order valence-corrected chi connectivity index (χ0v) is 23.0. The topological polar surface area (TPSA) is 85.8 Å². The van der Waals surface area contributed by atoms with Crippen molar-refractivity contribution in [3.63, 3.8) is 0 Å². The molecule has 40 heavy (non-hydrogen) atoms. The molecule has 4 aromatic carbocycles. The van der Waals surface area contributed by atoms with Crippen molar-refractivity contribution in [2.75, 3.05) is 15.7 Å². The Balaban J connectivity index is 1.42. The summed E-state index contributed by atoms with van der Waals surface area (Å²) in [4.78, 5) is 19.0. The average molecular weight is 526 g/mol. The second-order valence-electron chi connectivity index (χ2n) is 11.1. The number of benzene rings is 4. The Morgan fingerprint density at radius 3 is 2.23 bits per heavy atom. The van der Waals surface area contributed by atoms with Crippen LogP contribution in [0.2, 0.25) is 12.6 Å². The molecule has 2 heterocycles. The number of nitrogens with one attached hydrogen (secondary N) is 3. The number of rotatable bonds is 7. The summed E-state index contributed by atoms with van der Waals surface area (Å²) in [5.74, 6) is -0.0848. The summed E-state index contributed by atoms with van der Waals surface area (Å²) in [6.45, 7) is 4.37. The van der Waals surface area contributed by atoms with Crippen LogP contribution >= 0.6 is 0 Å². The monoisotopic (exact) mass is 526 g/mol. The number of aliphatic hydroxyl groups excluding tert-OH is 1. The van der Waals surface area contributed by atoms with Gasteiger partial charge < -0.3 is 25.7 Å². The van der Waals surface area contributed by atoms with Crippen molar-refractivity contribution in [2.45, 2.75) is 52.2 Å². The summed E-state index contributed by atoms with van der Waals surface area (Å²) in [7, 11) is 0. The van der Waals surface area contributed by atoms with Gasteiger partial charge in [0, 0.05) is 38.6 Å². The highest BCUT2D eigenvalue weighted by Crippen LogP contribution is 2.45. The molecule has 0 bridgehead atoms. The molecule has 1 aliphatic carbocycles. The van der Waals surface area contributed by atoms with Crippen LogP contribution < -0.4 is 26.3 Å². The quantitative estimate of drug-likeness (QED) is 0.217. The Kier molecular flexibility index (Phi) is 6.06. The predicted octanol–water partition coefficient (Wildman–Crippen LogP) is 6.15. The molecule has 0 amide bonds. The normalized spacial score (nSPS) is 16.9. The molecule has 4 aromatic rings. The van der Waals surface area contributed by atoms with Crippen molar-refractivity contribution in [1.29, 1.82) is 0 Å². The zero-order chi connectivity index (χ0) is 27.4. The number of anilines is 3. The van der Waals surface area contributed by atoms with Crippen molar-refractivity contribution in [2.24, 2.45) is 4.90 Å². The average Bonchev–Trinajstić information content (AvgIpc) is 2.97. The standard InChI is InChI=1S/C32H32B2N4O2/c1-3-5-17-33-35-23-11-7-9-19-13-15-21(29(37-33)25(19)23)27-31(39)28(32(27)40)22-16-14-20-10-8-12-24-26(20)30(22)38-34(36-24)18-6-4-2/h7-16,35-37,39H,3-6,17-18H2,1-2H3/b28-22+. The summed E-state index contributed by atoms with van der Waals surface area (Å²) >= 11 is 0. The van der Waals surface area contributed by atoms with Crippen LogP contribution in [0.4, 0.5) is 17.1 Å². The molecule has 0 atom stereocenters. The van der Waals surface area contributed by atoms with Gasteiger partial charge in [-0.25, -0.2) is 0 Å². The summed E-state index contributed by atoms with van der Waals surface area (Å²) in [6.07, 6.45) is 6.23. The molecule has 0 saturated heterocycles. The van der Waals surface area contributed by atoms with E-state index in [9.17, 15) is 9.90 Å². The van der Waals surface area contributed by atoms with Crippen molar-refractivity contribution < 1.29 is 9.90 Å². The molecular weight excluding hydrogens is 494 g/mol. The first kappa shape index (κ1) is 24.8. The number of hydrogen-bond acceptors (Lipinski definition) is 6. The fourth-order valence-corrected chi connectivity index (χ4v) is 6.43. The van der Waals surface area contributed by atoms with Crippen LogP contribution in [-0.4, -0.2) is 24.9 Å². The first-order valence-electron chi connectivity index (χ1n) is 14.6. The molecule has 2 aliphatic heterocycles. The highest BCUT2D eigenvalue weighted by atomic mass is 16.3. The number of allylic oxidation sites excluding steroid dienone is 2. The second-order valence-corrected chi connectivity index (χ2v) is 11.1. The third-order valence-corrected chi connectivity index (χ3v) is 8.46. The molecule has 0 unspecified atom stereocenters. The van der Waals surface area contributed by atoms with Gasteiger partial charge in [0.1, 0.15) is 5.76 Å². The van der Waals surface area contributed by atoms with Gasteiger partial charge in [0.25, 0.3) is 0 Å². The number of ketones is 1. The van der Waals surface area contributed by atoms with Gasteiger partial charge in [-0.05, 0) is 35.5 Å². The third-order valence-electron chi connectivity index (χ3n) is 8.46. The second kappa shape index (κ2) is 9.77. The molecule has 3 aliphatic rings. The largest absolute Gasteiger partial charge is 0.506 e. The van der Waals surface area contributed by atoms with Gasteiger partial charge in [0.15, 0.2) is 0 Å². The van der Waals surface area contributed by atoms with Crippen LogP contribution in [0.25, 0.3) is 32.7 Å².